The molecule has 1 aliphatic heterocycles. The highest BCUT2D eigenvalue weighted by molar-refractivity contribution is 5.48. The van der Waals surface area contributed by atoms with Gasteiger partial charge in [-0.3, -0.25) is 0 Å². The molecular formula is C12H15N5O. The van der Waals surface area contributed by atoms with Gasteiger partial charge in [-0.1, -0.05) is 18.0 Å². The molecule has 0 aliphatic carbocycles. The first-order valence-electron chi connectivity index (χ1n) is 6.26. The van der Waals surface area contributed by atoms with E-state index in [0.717, 1.165) is 24.4 Å². The van der Waals surface area contributed by atoms with Crippen molar-refractivity contribution in [3.05, 3.63) is 24.5 Å². The van der Waals surface area contributed by atoms with Crippen LogP contribution in [-0.4, -0.2) is 26.7 Å². The molecule has 1 N–H and O–H groups in total. The Morgan fingerprint density at radius 3 is 2.94 bits per heavy atom. The molecule has 3 heterocycles. The van der Waals surface area contributed by atoms with Crippen molar-refractivity contribution in [3.63, 3.8) is 0 Å². The predicted octanol–water partition coefficient (Wildman–Crippen LogP) is 1.73. The van der Waals surface area contributed by atoms with Gasteiger partial charge in [-0.2, -0.15) is 4.98 Å². The normalized spacial score (nSPS) is 20.6. The monoisotopic (exact) mass is 245 g/mol. The van der Waals surface area contributed by atoms with Crippen molar-refractivity contribution >= 4 is 0 Å². The lowest BCUT2D eigenvalue weighted by Crippen LogP contribution is -2.21. The zero-order valence-corrected chi connectivity index (χ0v) is 10.0. The second kappa shape index (κ2) is 5.22. The van der Waals surface area contributed by atoms with Crippen molar-refractivity contribution in [2.45, 2.75) is 31.7 Å². The van der Waals surface area contributed by atoms with Gasteiger partial charge in [0, 0.05) is 12.4 Å². The first kappa shape index (κ1) is 11.3. The molecule has 0 bridgehead atoms. The van der Waals surface area contributed by atoms with Crippen molar-refractivity contribution in [2.75, 3.05) is 6.54 Å². The summed E-state index contributed by atoms with van der Waals surface area (Å²) in [7, 11) is 0. The molecule has 18 heavy (non-hydrogen) atoms. The Kier molecular flexibility index (Phi) is 3.27. The molecule has 0 spiro atoms. The summed E-state index contributed by atoms with van der Waals surface area (Å²) in [6, 6.07) is 0.203. The quantitative estimate of drug-likeness (QED) is 0.868. The van der Waals surface area contributed by atoms with Crippen molar-refractivity contribution in [1.82, 2.24) is 25.4 Å². The number of nitrogens with zero attached hydrogens (tertiary/aromatic N) is 4. The van der Waals surface area contributed by atoms with Gasteiger partial charge in [0.25, 0.3) is 5.89 Å². The standard InChI is InChI=1S/C12H15N5O/c1-2-4-10(15-5-3-1)11-16-12(18-17-11)9-6-13-8-14-7-9/h6-8,10,15H,1-5H2. The topological polar surface area (TPSA) is 76.7 Å². The second-order valence-corrected chi connectivity index (χ2v) is 4.44. The Hall–Kier alpha value is -1.82. The van der Waals surface area contributed by atoms with E-state index in [1.165, 1.54) is 25.6 Å². The first-order chi connectivity index (χ1) is 8.93. The molecule has 0 amide bonds. The molecule has 1 aliphatic rings. The van der Waals surface area contributed by atoms with Gasteiger partial charge in [-0.05, 0) is 19.4 Å². The minimum absolute atomic E-state index is 0.203. The van der Waals surface area contributed by atoms with Gasteiger partial charge in [-0.25, -0.2) is 9.97 Å². The predicted molar refractivity (Wildman–Crippen MR) is 64.5 cm³/mol. The lowest BCUT2D eigenvalue weighted by Gasteiger charge is -2.09. The molecule has 1 atom stereocenters. The average molecular weight is 245 g/mol. The van der Waals surface area contributed by atoms with E-state index in [9.17, 15) is 0 Å². The summed E-state index contributed by atoms with van der Waals surface area (Å²) < 4.78 is 5.26. The van der Waals surface area contributed by atoms with Crippen molar-refractivity contribution < 1.29 is 4.52 Å². The Morgan fingerprint density at radius 1 is 1.17 bits per heavy atom. The van der Waals surface area contributed by atoms with Crippen LogP contribution in [0.1, 0.15) is 37.5 Å². The summed E-state index contributed by atoms with van der Waals surface area (Å²) in [6.45, 7) is 1.02. The van der Waals surface area contributed by atoms with Crippen molar-refractivity contribution in [1.29, 1.82) is 0 Å². The largest absolute Gasteiger partial charge is 0.334 e. The maximum Gasteiger partial charge on any atom is 0.261 e. The second-order valence-electron chi connectivity index (χ2n) is 4.44. The maximum absolute atomic E-state index is 5.26. The average Bonchev–Trinajstić information content (AvgIpc) is 2.76. The highest BCUT2D eigenvalue weighted by atomic mass is 16.5. The van der Waals surface area contributed by atoms with E-state index < -0.39 is 0 Å². The van der Waals surface area contributed by atoms with Gasteiger partial charge in [0.05, 0.1) is 11.6 Å². The van der Waals surface area contributed by atoms with E-state index in [0.29, 0.717) is 5.89 Å². The van der Waals surface area contributed by atoms with Crippen LogP contribution in [0.25, 0.3) is 11.5 Å². The summed E-state index contributed by atoms with van der Waals surface area (Å²) in [5.74, 6) is 1.22. The number of rotatable bonds is 2. The SMILES string of the molecule is c1ncc(-c2nc(C3CCCCCN3)no2)cn1. The summed E-state index contributed by atoms with van der Waals surface area (Å²) in [4.78, 5) is 12.3. The van der Waals surface area contributed by atoms with Gasteiger partial charge in [0.15, 0.2) is 5.82 Å². The van der Waals surface area contributed by atoms with E-state index in [1.807, 2.05) is 0 Å². The number of hydrogen-bond acceptors (Lipinski definition) is 6. The molecule has 0 radical (unpaired) electrons. The zero-order valence-electron chi connectivity index (χ0n) is 10.0. The van der Waals surface area contributed by atoms with Crippen LogP contribution in [0.3, 0.4) is 0 Å². The van der Waals surface area contributed by atoms with E-state index in [1.54, 1.807) is 12.4 Å². The summed E-state index contributed by atoms with van der Waals surface area (Å²) >= 11 is 0. The van der Waals surface area contributed by atoms with Gasteiger partial charge in [0.1, 0.15) is 6.33 Å². The van der Waals surface area contributed by atoms with Gasteiger partial charge in [-0.15, -0.1) is 0 Å². The first-order valence-corrected chi connectivity index (χ1v) is 6.26. The van der Waals surface area contributed by atoms with Gasteiger partial charge in [0.2, 0.25) is 0 Å². The lowest BCUT2D eigenvalue weighted by molar-refractivity contribution is 0.402. The molecule has 6 nitrogen and oxygen atoms in total. The van der Waals surface area contributed by atoms with Gasteiger partial charge < -0.3 is 9.84 Å². The maximum atomic E-state index is 5.26. The number of aromatic nitrogens is 4. The third-order valence-corrected chi connectivity index (χ3v) is 3.12. The molecule has 2 aromatic heterocycles. The molecule has 2 aromatic rings. The Bertz CT molecular complexity index is 490. The fraction of sp³-hybridized carbons (Fsp3) is 0.500. The molecule has 0 saturated carbocycles. The van der Waals surface area contributed by atoms with Crippen LogP contribution < -0.4 is 5.32 Å². The molecule has 3 rings (SSSR count). The third kappa shape index (κ3) is 2.38. The Morgan fingerprint density at radius 2 is 2.06 bits per heavy atom. The minimum atomic E-state index is 0.203. The molecule has 0 aromatic carbocycles. The van der Waals surface area contributed by atoms with E-state index in [-0.39, 0.29) is 6.04 Å². The highest BCUT2D eigenvalue weighted by Gasteiger charge is 2.19. The molecule has 6 heteroatoms. The summed E-state index contributed by atoms with van der Waals surface area (Å²) in [6.07, 6.45) is 9.57. The fourth-order valence-corrected chi connectivity index (χ4v) is 2.15. The molecule has 1 unspecified atom stereocenters. The van der Waals surface area contributed by atoms with Crippen LogP contribution in [0.15, 0.2) is 23.2 Å². The van der Waals surface area contributed by atoms with Crippen LogP contribution in [0.5, 0.6) is 0 Å². The van der Waals surface area contributed by atoms with Crippen molar-refractivity contribution in [3.8, 4) is 11.5 Å². The summed E-state index contributed by atoms with van der Waals surface area (Å²) in [5, 5.41) is 7.50. The van der Waals surface area contributed by atoms with Crippen LogP contribution in [0.2, 0.25) is 0 Å². The fourth-order valence-electron chi connectivity index (χ4n) is 2.15. The van der Waals surface area contributed by atoms with Crippen LogP contribution in [-0.2, 0) is 0 Å². The molecule has 1 fully saturated rings. The smallest absolute Gasteiger partial charge is 0.261 e. The number of hydrogen-bond donors (Lipinski definition) is 1. The van der Waals surface area contributed by atoms with E-state index in [2.05, 4.69) is 25.4 Å². The lowest BCUT2D eigenvalue weighted by atomic mass is 10.1. The Labute approximate surface area is 105 Å². The van der Waals surface area contributed by atoms with Gasteiger partial charge >= 0.3 is 0 Å². The highest BCUT2D eigenvalue weighted by Crippen LogP contribution is 2.22. The third-order valence-electron chi connectivity index (χ3n) is 3.12. The Balaban J connectivity index is 1.80. The van der Waals surface area contributed by atoms with Crippen LogP contribution in [0.4, 0.5) is 0 Å². The minimum Gasteiger partial charge on any atom is -0.334 e. The molecule has 94 valence electrons. The zero-order chi connectivity index (χ0) is 12.2. The molecular weight excluding hydrogens is 230 g/mol. The number of nitrogens with one attached hydrogen (secondary N) is 1. The molecule has 1 saturated heterocycles. The summed E-state index contributed by atoms with van der Waals surface area (Å²) in [5.41, 5.74) is 0.755. The van der Waals surface area contributed by atoms with E-state index >= 15 is 0 Å². The van der Waals surface area contributed by atoms with E-state index in [4.69, 9.17) is 4.52 Å². The van der Waals surface area contributed by atoms with Crippen LogP contribution >= 0.6 is 0 Å². The van der Waals surface area contributed by atoms with Crippen LogP contribution in [0, 0.1) is 0 Å². The van der Waals surface area contributed by atoms with Crippen molar-refractivity contribution in [2.24, 2.45) is 0 Å².